The number of amides is 2. The van der Waals surface area contributed by atoms with E-state index < -0.39 is 11.8 Å². The van der Waals surface area contributed by atoms with Crippen LogP contribution in [-0.4, -0.2) is 35.8 Å². The van der Waals surface area contributed by atoms with Crippen LogP contribution in [0.25, 0.3) is 0 Å². The van der Waals surface area contributed by atoms with Gasteiger partial charge in [-0.2, -0.15) is 0 Å². The minimum Gasteiger partial charge on any atom is -0.399 e. The Labute approximate surface area is 163 Å². The van der Waals surface area contributed by atoms with Crippen molar-refractivity contribution in [2.45, 2.75) is 25.4 Å². The number of nitrogens with two attached hydrogens (primary N) is 1. The summed E-state index contributed by atoms with van der Waals surface area (Å²) >= 11 is 6.02. The molecular weight excluding hydrogens is 364 g/mol. The highest BCUT2D eigenvalue weighted by molar-refractivity contribution is 6.41. The van der Waals surface area contributed by atoms with Crippen LogP contribution in [0.1, 0.15) is 18.4 Å². The van der Waals surface area contributed by atoms with Crippen LogP contribution >= 0.6 is 11.6 Å². The van der Waals surface area contributed by atoms with E-state index in [1.165, 1.54) is 11.6 Å². The van der Waals surface area contributed by atoms with Crippen LogP contribution < -0.4 is 16.4 Å². The zero-order valence-electron chi connectivity index (χ0n) is 15.0. The fraction of sp³-hybridized carbons (Fsp3) is 0.300. The van der Waals surface area contributed by atoms with Crippen molar-refractivity contribution in [1.82, 2.24) is 10.2 Å². The summed E-state index contributed by atoms with van der Waals surface area (Å²) in [4.78, 5) is 26.6. The van der Waals surface area contributed by atoms with Crippen molar-refractivity contribution >= 4 is 34.8 Å². The molecule has 7 heteroatoms. The summed E-state index contributed by atoms with van der Waals surface area (Å²) in [5.41, 5.74) is 7.75. The van der Waals surface area contributed by atoms with E-state index in [9.17, 15) is 9.59 Å². The molecule has 0 unspecified atom stereocenters. The Morgan fingerprint density at radius 2 is 1.78 bits per heavy atom. The molecule has 1 heterocycles. The minimum absolute atomic E-state index is 0.00263. The first-order valence-electron chi connectivity index (χ1n) is 8.94. The standard InChI is InChI=1S/C20H23ClN4O2/c21-17-12-15(22)6-7-18(17)24-20(27)19(26)23-16-8-10-25(11-9-16)13-14-4-2-1-3-5-14/h1-7,12,16H,8-11,13,22H2,(H,23,26)(H,24,27). The molecule has 142 valence electrons. The fourth-order valence-electron chi connectivity index (χ4n) is 3.14. The van der Waals surface area contributed by atoms with Gasteiger partial charge >= 0.3 is 11.8 Å². The molecule has 0 saturated carbocycles. The van der Waals surface area contributed by atoms with Crippen molar-refractivity contribution in [3.8, 4) is 0 Å². The lowest BCUT2D eigenvalue weighted by molar-refractivity contribution is -0.136. The van der Waals surface area contributed by atoms with Gasteiger partial charge in [0.25, 0.3) is 0 Å². The Kier molecular flexibility index (Phi) is 6.32. The van der Waals surface area contributed by atoms with E-state index >= 15 is 0 Å². The van der Waals surface area contributed by atoms with E-state index in [0.29, 0.717) is 16.4 Å². The number of carbonyl (C=O) groups is 2. The number of likely N-dealkylation sites (tertiary alicyclic amines) is 1. The number of nitrogen functional groups attached to an aromatic ring is 1. The topological polar surface area (TPSA) is 87.5 Å². The molecule has 2 aromatic carbocycles. The van der Waals surface area contributed by atoms with Crippen molar-refractivity contribution in [2.75, 3.05) is 24.1 Å². The number of halogens is 1. The largest absolute Gasteiger partial charge is 0.399 e. The van der Waals surface area contributed by atoms with Crippen molar-refractivity contribution in [1.29, 1.82) is 0 Å². The number of anilines is 2. The van der Waals surface area contributed by atoms with E-state index in [-0.39, 0.29) is 6.04 Å². The summed E-state index contributed by atoms with van der Waals surface area (Å²) in [5, 5.41) is 5.62. The molecular formula is C20H23ClN4O2. The monoisotopic (exact) mass is 386 g/mol. The van der Waals surface area contributed by atoms with Gasteiger partial charge in [0.05, 0.1) is 10.7 Å². The average molecular weight is 387 g/mol. The Morgan fingerprint density at radius 1 is 1.07 bits per heavy atom. The molecule has 1 fully saturated rings. The number of rotatable bonds is 4. The van der Waals surface area contributed by atoms with Crippen molar-refractivity contribution < 1.29 is 9.59 Å². The third-order valence-corrected chi connectivity index (χ3v) is 4.93. The van der Waals surface area contributed by atoms with Gasteiger partial charge < -0.3 is 16.4 Å². The maximum Gasteiger partial charge on any atom is 0.313 e. The Bertz CT molecular complexity index is 805. The normalized spacial score (nSPS) is 15.3. The van der Waals surface area contributed by atoms with Gasteiger partial charge in [-0.3, -0.25) is 14.5 Å². The molecule has 0 bridgehead atoms. The maximum atomic E-state index is 12.2. The molecule has 3 rings (SSSR count). The first kappa shape index (κ1) is 19.2. The number of nitrogens with one attached hydrogen (secondary N) is 2. The summed E-state index contributed by atoms with van der Waals surface area (Å²) < 4.78 is 0. The third-order valence-electron chi connectivity index (χ3n) is 4.62. The second-order valence-corrected chi connectivity index (χ2v) is 7.11. The van der Waals surface area contributed by atoms with Crippen molar-refractivity contribution in [3.63, 3.8) is 0 Å². The summed E-state index contributed by atoms with van der Waals surface area (Å²) in [6.07, 6.45) is 1.63. The highest BCUT2D eigenvalue weighted by Crippen LogP contribution is 2.24. The molecule has 4 N–H and O–H groups in total. The molecule has 0 aromatic heterocycles. The van der Waals surface area contributed by atoms with Crippen LogP contribution in [0.3, 0.4) is 0 Å². The Morgan fingerprint density at radius 3 is 2.44 bits per heavy atom. The number of nitrogens with zero attached hydrogens (tertiary/aromatic N) is 1. The summed E-state index contributed by atoms with van der Waals surface area (Å²) in [7, 11) is 0. The van der Waals surface area contributed by atoms with Crippen LogP contribution in [0.4, 0.5) is 11.4 Å². The SMILES string of the molecule is Nc1ccc(NC(=O)C(=O)NC2CCN(Cc3ccccc3)CC2)c(Cl)c1. The van der Waals surface area contributed by atoms with E-state index in [4.69, 9.17) is 17.3 Å². The van der Waals surface area contributed by atoms with Gasteiger partial charge in [0, 0.05) is 31.4 Å². The first-order valence-corrected chi connectivity index (χ1v) is 9.32. The smallest absolute Gasteiger partial charge is 0.313 e. The second kappa shape index (κ2) is 8.88. The fourth-order valence-corrected chi connectivity index (χ4v) is 3.38. The van der Waals surface area contributed by atoms with E-state index in [1.807, 2.05) is 18.2 Å². The number of hydrogen-bond donors (Lipinski definition) is 3. The molecule has 0 spiro atoms. The van der Waals surface area contributed by atoms with Crippen LogP contribution in [-0.2, 0) is 16.1 Å². The quantitative estimate of drug-likeness (QED) is 0.556. The third kappa shape index (κ3) is 5.45. The van der Waals surface area contributed by atoms with Gasteiger partial charge in [-0.15, -0.1) is 0 Å². The molecule has 1 aliphatic heterocycles. The van der Waals surface area contributed by atoms with Gasteiger partial charge in [0.15, 0.2) is 0 Å². The molecule has 2 aromatic rings. The lowest BCUT2D eigenvalue weighted by atomic mass is 10.0. The van der Waals surface area contributed by atoms with Crippen LogP contribution in [0.2, 0.25) is 5.02 Å². The summed E-state index contributed by atoms with van der Waals surface area (Å²) in [6, 6.07) is 15.0. The molecule has 27 heavy (non-hydrogen) atoms. The predicted octanol–water partition coefficient (Wildman–Crippen LogP) is 2.64. The summed E-state index contributed by atoms with van der Waals surface area (Å²) in [5.74, 6) is -1.38. The molecule has 0 atom stereocenters. The molecule has 1 saturated heterocycles. The number of hydrogen-bond acceptors (Lipinski definition) is 4. The average Bonchev–Trinajstić information content (AvgIpc) is 2.66. The van der Waals surface area contributed by atoms with Gasteiger partial charge in [-0.25, -0.2) is 0 Å². The Hall–Kier alpha value is -2.57. The molecule has 0 aliphatic carbocycles. The molecule has 6 nitrogen and oxygen atoms in total. The van der Waals surface area contributed by atoms with Gasteiger partial charge in [0.2, 0.25) is 0 Å². The zero-order chi connectivity index (χ0) is 19.2. The highest BCUT2D eigenvalue weighted by Gasteiger charge is 2.23. The first-order chi connectivity index (χ1) is 13.0. The van der Waals surface area contributed by atoms with Gasteiger partial charge in [0.1, 0.15) is 0 Å². The molecule has 0 radical (unpaired) electrons. The lowest BCUT2D eigenvalue weighted by Gasteiger charge is -2.32. The number of benzene rings is 2. The van der Waals surface area contributed by atoms with Gasteiger partial charge in [-0.1, -0.05) is 41.9 Å². The zero-order valence-corrected chi connectivity index (χ0v) is 15.7. The van der Waals surface area contributed by atoms with E-state index in [2.05, 4.69) is 27.7 Å². The van der Waals surface area contributed by atoms with E-state index in [0.717, 1.165) is 32.5 Å². The summed E-state index contributed by atoms with van der Waals surface area (Å²) in [6.45, 7) is 2.66. The maximum absolute atomic E-state index is 12.2. The molecule has 1 aliphatic rings. The van der Waals surface area contributed by atoms with Gasteiger partial charge in [-0.05, 0) is 36.6 Å². The number of piperidine rings is 1. The van der Waals surface area contributed by atoms with Crippen LogP contribution in [0.5, 0.6) is 0 Å². The van der Waals surface area contributed by atoms with Crippen molar-refractivity contribution in [3.05, 3.63) is 59.1 Å². The number of carbonyl (C=O) groups excluding carboxylic acids is 2. The lowest BCUT2D eigenvalue weighted by Crippen LogP contribution is -2.47. The van der Waals surface area contributed by atoms with Crippen LogP contribution in [0.15, 0.2) is 48.5 Å². The van der Waals surface area contributed by atoms with Crippen molar-refractivity contribution in [2.24, 2.45) is 0 Å². The van der Waals surface area contributed by atoms with Crippen LogP contribution in [0, 0.1) is 0 Å². The minimum atomic E-state index is -0.728. The molecule has 2 amide bonds. The predicted molar refractivity (Wildman–Crippen MR) is 107 cm³/mol. The van der Waals surface area contributed by atoms with E-state index in [1.54, 1.807) is 12.1 Å². The highest BCUT2D eigenvalue weighted by atomic mass is 35.5. The Balaban J connectivity index is 1.45. The second-order valence-electron chi connectivity index (χ2n) is 6.70.